The van der Waals surface area contributed by atoms with E-state index in [1.54, 1.807) is 16.2 Å². The Morgan fingerprint density at radius 3 is 2.68 bits per heavy atom. The molecule has 1 aliphatic carbocycles. The molecule has 4 nitrogen and oxygen atoms in total. The minimum atomic E-state index is 0.0883. The molecule has 1 saturated heterocycles. The number of hydrogen-bond acceptors (Lipinski definition) is 3. The molecule has 3 heterocycles. The fourth-order valence-electron chi connectivity index (χ4n) is 4.56. The molecule has 2 aliphatic rings. The molecule has 2 aromatic rings. The summed E-state index contributed by atoms with van der Waals surface area (Å²) in [4.78, 5) is 24.9. The van der Waals surface area contributed by atoms with Crippen LogP contribution in [0.2, 0.25) is 0 Å². The normalized spacial score (nSPS) is 23.8. The number of aromatic amines is 1. The molecule has 2 atom stereocenters. The molecule has 4 rings (SSSR count). The number of nitrogens with zero attached hydrogens (tertiary/aromatic N) is 1. The van der Waals surface area contributed by atoms with Gasteiger partial charge in [-0.25, -0.2) is 4.98 Å². The van der Waals surface area contributed by atoms with Gasteiger partial charge >= 0.3 is 0 Å². The third kappa shape index (κ3) is 3.41. The highest BCUT2D eigenvalue weighted by molar-refractivity contribution is 7.18. The van der Waals surface area contributed by atoms with Gasteiger partial charge in [-0.1, -0.05) is 13.3 Å². The zero-order valence-corrected chi connectivity index (χ0v) is 16.3. The standard InChI is InChI=1S/C20H29N3OS/c1-13-8-9-15-16(12-13)25-20-17(15)19(24)21-18(22-20)14(2)23-10-6-4-3-5-7-11-23/h13-14H,3-12H2,1-2H3,(H,21,22,24)/p+1/t13-,14-/m0/s1. The van der Waals surface area contributed by atoms with Gasteiger partial charge in [0, 0.05) is 4.88 Å². The number of aryl methyl sites for hydroxylation is 1. The minimum absolute atomic E-state index is 0.0883. The topological polar surface area (TPSA) is 50.2 Å². The molecule has 1 fully saturated rings. The maximum absolute atomic E-state index is 12.8. The number of thiophene rings is 1. The van der Waals surface area contributed by atoms with Gasteiger partial charge in [0.1, 0.15) is 10.9 Å². The van der Waals surface area contributed by atoms with Crippen molar-refractivity contribution in [2.24, 2.45) is 5.92 Å². The number of quaternary nitrogens is 1. The second kappa shape index (κ2) is 7.20. The van der Waals surface area contributed by atoms with Crippen LogP contribution >= 0.6 is 11.3 Å². The van der Waals surface area contributed by atoms with Crippen LogP contribution in [-0.4, -0.2) is 23.1 Å². The van der Waals surface area contributed by atoms with Crippen molar-refractivity contribution in [3.05, 3.63) is 26.6 Å². The van der Waals surface area contributed by atoms with E-state index in [9.17, 15) is 4.79 Å². The molecular formula is C20H30N3OS+. The summed E-state index contributed by atoms with van der Waals surface area (Å²) in [6, 6.07) is 0.272. The lowest BCUT2D eigenvalue weighted by atomic mass is 9.89. The molecule has 0 amide bonds. The van der Waals surface area contributed by atoms with Gasteiger partial charge < -0.3 is 9.88 Å². The molecule has 5 heteroatoms. The Balaban J connectivity index is 1.67. The molecule has 0 spiro atoms. The first-order chi connectivity index (χ1) is 12.1. The third-order valence-electron chi connectivity index (χ3n) is 6.20. The molecule has 0 bridgehead atoms. The lowest BCUT2D eigenvalue weighted by molar-refractivity contribution is -0.931. The van der Waals surface area contributed by atoms with Gasteiger partial charge in [-0.2, -0.15) is 0 Å². The van der Waals surface area contributed by atoms with E-state index in [4.69, 9.17) is 4.98 Å². The fraction of sp³-hybridized carbons (Fsp3) is 0.700. The number of hydrogen-bond donors (Lipinski definition) is 2. The summed E-state index contributed by atoms with van der Waals surface area (Å²) in [5.41, 5.74) is 1.37. The monoisotopic (exact) mass is 360 g/mol. The maximum Gasteiger partial charge on any atom is 0.260 e. The van der Waals surface area contributed by atoms with E-state index in [0.717, 1.165) is 34.8 Å². The number of rotatable bonds is 2. The number of likely N-dealkylation sites (tertiary alicyclic amines) is 1. The SMILES string of the molecule is C[C@H]1CCc2c(sc3nc([C@H](C)[NH+]4CCCCCCC4)[nH]c(=O)c23)C1. The van der Waals surface area contributed by atoms with Crippen molar-refractivity contribution in [3.63, 3.8) is 0 Å². The Labute approximate surface area is 153 Å². The zero-order valence-electron chi connectivity index (χ0n) is 15.5. The first kappa shape index (κ1) is 17.2. The number of nitrogens with one attached hydrogen (secondary N) is 2. The molecule has 2 aromatic heterocycles. The summed E-state index contributed by atoms with van der Waals surface area (Å²) in [5, 5.41) is 0.880. The molecule has 0 aromatic carbocycles. The van der Waals surface area contributed by atoms with E-state index in [2.05, 4.69) is 18.8 Å². The Hall–Kier alpha value is -1.20. The van der Waals surface area contributed by atoms with Gasteiger partial charge in [0.25, 0.3) is 5.56 Å². The Bertz CT molecular complexity index is 801. The highest BCUT2D eigenvalue weighted by atomic mass is 32.1. The Kier molecular flexibility index (Phi) is 4.96. The van der Waals surface area contributed by atoms with Gasteiger partial charge in [-0.15, -0.1) is 11.3 Å². The quantitative estimate of drug-likeness (QED) is 0.865. The molecule has 2 N–H and O–H groups in total. The highest BCUT2D eigenvalue weighted by Crippen LogP contribution is 2.35. The van der Waals surface area contributed by atoms with E-state index >= 15 is 0 Å². The molecule has 0 unspecified atom stereocenters. The van der Waals surface area contributed by atoms with Crippen molar-refractivity contribution in [3.8, 4) is 0 Å². The first-order valence-corrected chi connectivity index (χ1v) is 10.8. The van der Waals surface area contributed by atoms with E-state index in [-0.39, 0.29) is 11.6 Å². The van der Waals surface area contributed by atoms with Crippen molar-refractivity contribution >= 4 is 21.6 Å². The summed E-state index contributed by atoms with van der Waals surface area (Å²) < 4.78 is 0. The van der Waals surface area contributed by atoms with Gasteiger partial charge in [0.15, 0.2) is 5.82 Å². The highest BCUT2D eigenvalue weighted by Gasteiger charge is 2.26. The van der Waals surface area contributed by atoms with Crippen LogP contribution < -0.4 is 10.5 Å². The van der Waals surface area contributed by atoms with E-state index < -0.39 is 0 Å². The van der Waals surface area contributed by atoms with Crippen molar-refractivity contribution in [1.29, 1.82) is 0 Å². The molecule has 136 valence electrons. The fourth-order valence-corrected chi connectivity index (χ4v) is 5.95. The summed E-state index contributed by atoms with van der Waals surface area (Å²) in [7, 11) is 0. The van der Waals surface area contributed by atoms with Crippen LogP contribution in [0.5, 0.6) is 0 Å². The van der Waals surface area contributed by atoms with Crippen LogP contribution in [0.3, 0.4) is 0 Å². The molecular weight excluding hydrogens is 330 g/mol. The predicted octanol–water partition coefficient (Wildman–Crippen LogP) is 3.02. The van der Waals surface area contributed by atoms with Crippen LogP contribution in [0.15, 0.2) is 4.79 Å². The van der Waals surface area contributed by atoms with Crippen LogP contribution in [0.25, 0.3) is 10.2 Å². The van der Waals surface area contributed by atoms with E-state index in [1.165, 1.54) is 62.1 Å². The van der Waals surface area contributed by atoms with Crippen molar-refractivity contribution in [1.82, 2.24) is 9.97 Å². The largest absolute Gasteiger partial charge is 0.326 e. The number of fused-ring (bicyclic) bond motifs is 3. The molecule has 0 radical (unpaired) electrons. The van der Waals surface area contributed by atoms with Gasteiger partial charge in [0.2, 0.25) is 0 Å². The third-order valence-corrected chi connectivity index (χ3v) is 7.35. The Morgan fingerprint density at radius 1 is 1.20 bits per heavy atom. The summed E-state index contributed by atoms with van der Waals surface area (Å²) in [6.07, 6.45) is 9.97. The van der Waals surface area contributed by atoms with Crippen LogP contribution in [-0.2, 0) is 12.8 Å². The van der Waals surface area contributed by atoms with Crippen LogP contribution in [0, 0.1) is 5.92 Å². The first-order valence-electron chi connectivity index (χ1n) is 10.0. The lowest BCUT2D eigenvalue weighted by Gasteiger charge is -2.27. The molecule has 0 saturated carbocycles. The average molecular weight is 361 g/mol. The lowest BCUT2D eigenvalue weighted by Crippen LogP contribution is -3.12. The molecule has 1 aliphatic heterocycles. The van der Waals surface area contributed by atoms with Crippen molar-refractivity contribution in [2.45, 2.75) is 71.3 Å². The predicted molar refractivity (Wildman–Crippen MR) is 104 cm³/mol. The number of aromatic nitrogens is 2. The van der Waals surface area contributed by atoms with Gasteiger partial charge in [0.05, 0.1) is 18.5 Å². The summed E-state index contributed by atoms with van der Waals surface area (Å²) >= 11 is 1.76. The van der Waals surface area contributed by atoms with Crippen LogP contribution in [0.4, 0.5) is 0 Å². The second-order valence-electron chi connectivity index (χ2n) is 8.13. The molecule has 25 heavy (non-hydrogen) atoms. The summed E-state index contributed by atoms with van der Waals surface area (Å²) in [6.45, 7) is 6.93. The number of H-pyrrole nitrogens is 1. The minimum Gasteiger partial charge on any atom is -0.326 e. The van der Waals surface area contributed by atoms with Gasteiger partial charge in [-0.05, 0) is 63.4 Å². The maximum atomic E-state index is 12.8. The smallest absolute Gasteiger partial charge is 0.260 e. The van der Waals surface area contributed by atoms with Crippen LogP contribution in [0.1, 0.15) is 74.7 Å². The van der Waals surface area contributed by atoms with Crippen molar-refractivity contribution < 1.29 is 4.90 Å². The summed E-state index contributed by atoms with van der Waals surface area (Å²) in [5.74, 6) is 1.61. The van der Waals surface area contributed by atoms with Gasteiger partial charge in [-0.3, -0.25) is 4.79 Å². The zero-order chi connectivity index (χ0) is 17.4. The van der Waals surface area contributed by atoms with Crippen molar-refractivity contribution in [2.75, 3.05) is 13.1 Å². The van der Waals surface area contributed by atoms with E-state index in [1.807, 2.05) is 0 Å². The second-order valence-corrected chi connectivity index (χ2v) is 9.21. The Morgan fingerprint density at radius 2 is 1.92 bits per heavy atom. The average Bonchev–Trinajstić information content (AvgIpc) is 2.91. The van der Waals surface area contributed by atoms with E-state index in [0.29, 0.717) is 0 Å².